The van der Waals surface area contributed by atoms with Crippen LogP contribution < -0.4 is 10.5 Å². The number of H-pyrrole nitrogens is 1. The van der Waals surface area contributed by atoms with Crippen molar-refractivity contribution in [1.29, 1.82) is 0 Å². The van der Waals surface area contributed by atoms with Crippen molar-refractivity contribution in [2.45, 2.75) is 6.54 Å². The van der Waals surface area contributed by atoms with Gasteiger partial charge in [-0.15, -0.1) is 24.8 Å². The lowest BCUT2D eigenvalue weighted by atomic mass is 10.1. The molecule has 0 radical (unpaired) electrons. The number of aromatic amines is 1. The lowest BCUT2D eigenvalue weighted by molar-refractivity contribution is 0.414. The molecule has 0 saturated heterocycles. The zero-order chi connectivity index (χ0) is 14.7. The van der Waals surface area contributed by atoms with E-state index in [1.165, 1.54) is 0 Å². The molecule has 120 valence electrons. The van der Waals surface area contributed by atoms with E-state index >= 15 is 0 Å². The van der Waals surface area contributed by atoms with Crippen molar-refractivity contribution in [2.75, 3.05) is 7.11 Å². The van der Waals surface area contributed by atoms with Gasteiger partial charge in [0, 0.05) is 5.56 Å². The molecule has 2 aromatic carbocycles. The van der Waals surface area contributed by atoms with Crippen LogP contribution in [0.1, 0.15) is 17.0 Å². The summed E-state index contributed by atoms with van der Waals surface area (Å²) in [5.74, 6) is 7.86. The Bertz CT molecular complexity index is 850. The predicted octanol–water partition coefficient (Wildman–Crippen LogP) is 3.27. The van der Waals surface area contributed by atoms with Crippen molar-refractivity contribution in [3.05, 3.63) is 59.4 Å². The van der Waals surface area contributed by atoms with Crippen molar-refractivity contribution >= 4 is 35.8 Å². The fourth-order valence-electron chi connectivity index (χ4n) is 2.12. The molecule has 0 aliphatic heterocycles. The third kappa shape index (κ3) is 4.17. The van der Waals surface area contributed by atoms with E-state index in [0.29, 0.717) is 6.54 Å². The molecule has 3 aromatic rings. The molecule has 0 atom stereocenters. The monoisotopic (exact) mass is 349 g/mol. The molecule has 3 rings (SSSR count). The van der Waals surface area contributed by atoms with Gasteiger partial charge in [-0.05, 0) is 30.3 Å². The summed E-state index contributed by atoms with van der Waals surface area (Å²) in [4.78, 5) is 7.65. The van der Waals surface area contributed by atoms with Crippen LogP contribution in [0.4, 0.5) is 0 Å². The molecule has 0 bridgehead atoms. The molecule has 6 heteroatoms. The molecular weight excluding hydrogens is 333 g/mol. The zero-order valence-corrected chi connectivity index (χ0v) is 14.1. The number of fused-ring (bicyclic) bond motifs is 1. The minimum Gasteiger partial charge on any atom is -0.497 e. The van der Waals surface area contributed by atoms with Gasteiger partial charge >= 0.3 is 0 Å². The first-order valence-corrected chi connectivity index (χ1v) is 6.64. The molecule has 0 aliphatic rings. The van der Waals surface area contributed by atoms with Crippen LogP contribution in [0.25, 0.3) is 11.0 Å². The first-order chi connectivity index (χ1) is 10.3. The molecular formula is C17H17Cl2N3O. The molecule has 0 amide bonds. The maximum atomic E-state index is 5.62. The number of ether oxygens (including phenoxy) is 1. The van der Waals surface area contributed by atoms with Gasteiger partial charge in [0.2, 0.25) is 0 Å². The Kier molecular flexibility index (Phi) is 6.92. The summed E-state index contributed by atoms with van der Waals surface area (Å²) >= 11 is 0. The van der Waals surface area contributed by atoms with E-state index in [1.54, 1.807) is 7.11 Å². The van der Waals surface area contributed by atoms with Crippen LogP contribution in [0.5, 0.6) is 5.75 Å². The number of nitrogens with zero attached hydrogens (tertiary/aromatic N) is 1. The number of rotatable bonds is 2. The Hall–Kier alpha value is -2.19. The summed E-state index contributed by atoms with van der Waals surface area (Å²) < 4.78 is 5.20. The number of methoxy groups -OCH3 is 1. The molecule has 4 nitrogen and oxygen atoms in total. The minimum atomic E-state index is 0. The molecule has 3 N–H and O–H groups in total. The largest absolute Gasteiger partial charge is 0.497 e. The minimum absolute atomic E-state index is 0. The number of nitrogens with one attached hydrogen (secondary N) is 1. The number of imidazole rings is 1. The van der Waals surface area contributed by atoms with Gasteiger partial charge in [0.1, 0.15) is 17.1 Å². The van der Waals surface area contributed by atoms with E-state index < -0.39 is 0 Å². The number of para-hydroxylation sites is 1. The summed E-state index contributed by atoms with van der Waals surface area (Å²) in [6, 6.07) is 13.6. The summed E-state index contributed by atoms with van der Waals surface area (Å²) in [7, 11) is 1.64. The molecule has 1 aromatic heterocycles. The van der Waals surface area contributed by atoms with Gasteiger partial charge in [-0.1, -0.05) is 24.0 Å². The van der Waals surface area contributed by atoms with Crippen LogP contribution in [-0.4, -0.2) is 17.1 Å². The van der Waals surface area contributed by atoms with Crippen molar-refractivity contribution in [1.82, 2.24) is 9.97 Å². The van der Waals surface area contributed by atoms with Crippen molar-refractivity contribution in [2.24, 2.45) is 5.73 Å². The first-order valence-electron chi connectivity index (χ1n) is 6.64. The second-order valence-electron chi connectivity index (χ2n) is 4.57. The fraction of sp³-hybridized carbons (Fsp3) is 0.118. The predicted molar refractivity (Wildman–Crippen MR) is 97.5 cm³/mol. The lowest BCUT2D eigenvalue weighted by Gasteiger charge is -1.98. The molecule has 0 saturated carbocycles. The molecule has 23 heavy (non-hydrogen) atoms. The number of halogens is 2. The Morgan fingerprint density at radius 2 is 1.91 bits per heavy atom. The number of hydrogen-bond acceptors (Lipinski definition) is 3. The average molecular weight is 350 g/mol. The van der Waals surface area contributed by atoms with Crippen LogP contribution in [0.2, 0.25) is 0 Å². The Morgan fingerprint density at radius 1 is 1.13 bits per heavy atom. The van der Waals surface area contributed by atoms with E-state index in [4.69, 9.17) is 10.5 Å². The quantitative estimate of drug-likeness (QED) is 0.698. The van der Waals surface area contributed by atoms with Crippen LogP contribution in [0.3, 0.4) is 0 Å². The highest BCUT2D eigenvalue weighted by Gasteiger charge is 2.04. The third-order valence-corrected chi connectivity index (χ3v) is 3.17. The highest BCUT2D eigenvalue weighted by atomic mass is 35.5. The lowest BCUT2D eigenvalue weighted by Crippen LogP contribution is -1.97. The van der Waals surface area contributed by atoms with Gasteiger partial charge in [-0.25, -0.2) is 4.98 Å². The second-order valence-corrected chi connectivity index (χ2v) is 4.57. The fourth-order valence-corrected chi connectivity index (χ4v) is 2.12. The van der Waals surface area contributed by atoms with E-state index in [1.807, 2.05) is 42.5 Å². The average Bonchev–Trinajstić information content (AvgIpc) is 2.97. The second kappa shape index (κ2) is 8.44. The van der Waals surface area contributed by atoms with E-state index in [0.717, 1.165) is 33.7 Å². The summed E-state index contributed by atoms with van der Waals surface area (Å²) in [5.41, 5.74) is 9.21. The van der Waals surface area contributed by atoms with Crippen LogP contribution >= 0.6 is 24.8 Å². The third-order valence-electron chi connectivity index (χ3n) is 3.17. The standard InChI is InChI=1S/C17H15N3O.2ClH/c1-21-14-6-2-4-12(10-14)8-9-13-5-3-7-15-17(13)20-16(11-18)19-15;;/h2-7,10H,11,18H2,1H3,(H,19,20);2*1H. The maximum absolute atomic E-state index is 5.62. The van der Waals surface area contributed by atoms with Crippen LogP contribution in [-0.2, 0) is 6.54 Å². The normalized spacial score (nSPS) is 9.30. The first kappa shape index (κ1) is 18.9. The maximum Gasteiger partial charge on any atom is 0.121 e. The molecule has 1 heterocycles. The summed E-state index contributed by atoms with van der Waals surface area (Å²) in [6.45, 7) is 0.386. The smallest absolute Gasteiger partial charge is 0.121 e. The highest BCUT2D eigenvalue weighted by Crippen LogP contribution is 2.16. The zero-order valence-electron chi connectivity index (χ0n) is 12.5. The van der Waals surface area contributed by atoms with Gasteiger partial charge in [0.05, 0.1) is 24.7 Å². The van der Waals surface area contributed by atoms with Gasteiger partial charge in [0.25, 0.3) is 0 Å². The van der Waals surface area contributed by atoms with Gasteiger partial charge in [0.15, 0.2) is 0 Å². The molecule has 0 unspecified atom stereocenters. The van der Waals surface area contributed by atoms with Crippen LogP contribution in [0.15, 0.2) is 42.5 Å². The summed E-state index contributed by atoms with van der Waals surface area (Å²) in [6.07, 6.45) is 0. The number of benzene rings is 2. The molecule has 0 fully saturated rings. The number of nitrogens with two attached hydrogens (primary N) is 1. The highest BCUT2D eigenvalue weighted by molar-refractivity contribution is 5.85. The number of aromatic nitrogens is 2. The molecule has 0 spiro atoms. The van der Waals surface area contributed by atoms with Crippen molar-refractivity contribution < 1.29 is 4.74 Å². The Balaban J connectivity index is 0.00000132. The van der Waals surface area contributed by atoms with Gasteiger partial charge in [-0.3, -0.25) is 0 Å². The van der Waals surface area contributed by atoms with Crippen LogP contribution in [0, 0.1) is 11.8 Å². The molecule has 0 aliphatic carbocycles. The Morgan fingerprint density at radius 3 is 2.65 bits per heavy atom. The Labute approximate surface area is 147 Å². The van der Waals surface area contributed by atoms with E-state index in [-0.39, 0.29) is 24.8 Å². The van der Waals surface area contributed by atoms with E-state index in [9.17, 15) is 0 Å². The van der Waals surface area contributed by atoms with Gasteiger partial charge in [-0.2, -0.15) is 0 Å². The topological polar surface area (TPSA) is 63.9 Å². The van der Waals surface area contributed by atoms with E-state index in [2.05, 4.69) is 21.8 Å². The van der Waals surface area contributed by atoms with Crippen molar-refractivity contribution in [3.63, 3.8) is 0 Å². The van der Waals surface area contributed by atoms with Crippen molar-refractivity contribution in [3.8, 4) is 17.6 Å². The number of hydrogen-bond donors (Lipinski definition) is 2. The summed E-state index contributed by atoms with van der Waals surface area (Å²) in [5, 5.41) is 0. The SMILES string of the molecule is COc1cccc(C#Cc2cccc3[nH]c(CN)nc23)c1.Cl.Cl. The van der Waals surface area contributed by atoms with Gasteiger partial charge < -0.3 is 15.5 Å².